The lowest BCUT2D eigenvalue weighted by Gasteiger charge is -2.25. The second-order valence-electron chi connectivity index (χ2n) is 7.51. The van der Waals surface area contributed by atoms with E-state index in [4.69, 9.17) is 18.9 Å². The first kappa shape index (κ1) is 21.8. The van der Waals surface area contributed by atoms with E-state index in [2.05, 4.69) is 12.1 Å². The van der Waals surface area contributed by atoms with Crippen LogP contribution >= 0.6 is 0 Å². The van der Waals surface area contributed by atoms with Crippen LogP contribution < -0.4 is 4.74 Å². The summed E-state index contributed by atoms with van der Waals surface area (Å²) in [6, 6.07) is 17.9. The number of methoxy groups -OCH3 is 1. The number of ether oxygens (including phenoxy) is 4. The molecule has 0 spiro atoms. The minimum absolute atomic E-state index is 0.0162. The Bertz CT molecular complexity index is 688. The van der Waals surface area contributed by atoms with Crippen LogP contribution in [0.15, 0.2) is 54.6 Å². The van der Waals surface area contributed by atoms with Gasteiger partial charge in [0.15, 0.2) is 0 Å². The lowest BCUT2D eigenvalue weighted by Crippen LogP contribution is -2.36. The summed E-state index contributed by atoms with van der Waals surface area (Å²) < 4.78 is 22.9. The maximum absolute atomic E-state index is 10.6. The summed E-state index contributed by atoms with van der Waals surface area (Å²) in [5, 5.41) is 10.6. The van der Waals surface area contributed by atoms with Crippen LogP contribution in [0.1, 0.15) is 36.8 Å². The molecule has 1 aliphatic heterocycles. The van der Waals surface area contributed by atoms with Crippen molar-refractivity contribution < 1.29 is 24.1 Å². The van der Waals surface area contributed by atoms with Crippen LogP contribution in [0.2, 0.25) is 0 Å². The smallest absolute Gasteiger partial charge is 0.118 e. The molecule has 29 heavy (non-hydrogen) atoms. The lowest BCUT2D eigenvalue weighted by molar-refractivity contribution is -0.118. The second kappa shape index (κ2) is 11.9. The molecule has 0 amide bonds. The Morgan fingerprint density at radius 1 is 0.931 bits per heavy atom. The fourth-order valence-electron chi connectivity index (χ4n) is 3.52. The minimum Gasteiger partial charge on any atom is -0.497 e. The number of aliphatic hydroxyl groups is 1. The highest BCUT2D eigenvalue weighted by molar-refractivity contribution is 5.26. The molecule has 0 bridgehead atoms. The van der Waals surface area contributed by atoms with E-state index in [-0.39, 0.29) is 18.8 Å². The highest BCUT2D eigenvalue weighted by Crippen LogP contribution is 2.22. The quantitative estimate of drug-likeness (QED) is 0.650. The molecule has 1 N–H and O–H groups in total. The Morgan fingerprint density at radius 3 is 2.38 bits per heavy atom. The predicted molar refractivity (Wildman–Crippen MR) is 112 cm³/mol. The van der Waals surface area contributed by atoms with Crippen LogP contribution in [0.25, 0.3) is 0 Å². The van der Waals surface area contributed by atoms with Gasteiger partial charge >= 0.3 is 0 Å². The molecule has 0 aromatic heterocycles. The Morgan fingerprint density at radius 2 is 1.62 bits per heavy atom. The molecule has 5 nitrogen and oxygen atoms in total. The van der Waals surface area contributed by atoms with E-state index >= 15 is 0 Å². The van der Waals surface area contributed by atoms with Gasteiger partial charge in [0.1, 0.15) is 11.9 Å². The molecule has 1 saturated heterocycles. The van der Waals surface area contributed by atoms with Crippen molar-refractivity contribution in [1.82, 2.24) is 0 Å². The molecule has 0 saturated carbocycles. The van der Waals surface area contributed by atoms with Crippen molar-refractivity contribution in [2.45, 2.75) is 57.2 Å². The Balaban J connectivity index is 1.39. The molecule has 0 aliphatic carbocycles. The first-order valence-electron chi connectivity index (χ1n) is 10.4. The van der Waals surface area contributed by atoms with E-state index in [1.165, 1.54) is 0 Å². The molecular formula is C24H32O5. The molecule has 3 rings (SSSR count). The van der Waals surface area contributed by atoms with E-state index in [0.717, 1.165) is 42.6 Å². The van der Waals surface area contributed by atoms with Gasteiger partial charge < -0.3 is 24.1 Å². The minimum atomic E-state index is -0.636. The van der Waals surface area contributed by atoms with Gasteiger partial charge in [-0.1, -0.05) is 55.3 Å². The lowest BCUT2D eigenvalue weighted by atomic mass is 10.1. The first-order valence-corrected chi connectivity index (χ1v) is 10.4. The molecule has 2 aromatic carbocycles. The second-order valence-corrected chi connectivity index (χ2v) is 7.51. The predicted octanol–water partition coefficient (Wildman–Crippen LogP) is 4.12. The van der Waals surface area contributed by atoms with Gasteiger partial charge in [-0.2, -0.15) is 0 Å². The molecule has 2 aromatic rings. The summed E-state index contributed by atoms with van der Waals surface area (Å²) in [5.74, 6) is 0.821. The van der Waals surface area contributed by atoms with E-state index in [1.54, 1.807) is 7.11 Å². The van der Waals surface area contributed by atoms with Crippen molar-refractivity contribution in [1.29, 1.82) is 0 Å². The standard InChI is InChI=1S/C24H32O5/c1-26-21-13-11-20(12-14-21)16-28-18-23(25)24-10-6-5-9-22(29-24)17-27-15-19-7-3-2-4-8-19/h2-4,7-8,11-14,22-25H,5-6,9-10,15-18H2,1H3/t22-,23+,24+/m0/s1. The SMILES string of the molecule is COc1ccc(COC[C@@H](O)[C@H]2CCCC[C@@H](COCc3ccccc3)O2)cc1. The molecule has 0 radical (unpaired) electrons. The molecule has 1 fully saturated rings. The van der Waals surface area contributed by atoms with Crippen molar-refractivity contribution >= 4 is 0 Å². The van der Waals surface area contributed by atoms with E-state index in [1.807, 2.05) is 42.5 Å². The normalized spacial score (nSPS) is 20.8. The van der Waals surface area contributed by atoms with Gasteiger partial charge in [0.05, 0.1) is 45.7 Å². The number of hydrogen-bond donors (Lipinski definition) is 1. The summed E-state index contributed by atoms with van der Waals surface area (Å²) in [6.45, 7) is 1.84. The highest BCUT2D eigenvalue weighted by atomic mass is 16.6. The summed E-state index contributed by atoms with van der Waals surface area (Å²) in [4.78, 5) is 0. The van der Waals surface area contributed by atoms with Gasteiger partial charge in [0, 0.05) is 0 Å². The molecule has 1 heterocycles. The zero-order valence-electron chi connectivity index (χ0n) is 17.2. The van der Waals surface area contributed by atoms with Crippen molar-refractivity contribution in [3.05, 3.63) is 65.7 Å². The maximum atomic E-state index is 10.6. The largest absolute Gasteiger partial charge is 0.497 e. The Kier molecular flexibility index (Phi) is 8.96. The molecule has 3 atom stereocenters. The van der Waals surface area contributed by atoms with Crippen LogP contribution in [0.5, 0.6) is 5.75 Å². The number of hydrogen-bond acceptors (Lipinski definition) is 5. The van der Waals surface area contributed by atoms with Crippen LogP contribution in [0, 0.1) is 0 Å². The average Bonchev–Trinajstić information content (AvgIpc) is 3.01. The van der Waals surface area contributed by atoms with Crippen molar-refractivity contribution in [3.63, 3.8) is 0 Å². The Labute approximate surface area is 173 Å². The van der Waals surface area contributed by atoms with E-state index < -0.39 is 6.10 Å². The molecule has 158 valence electrons. The monoisotopic (exact) mass is 400 g/mol. The zero-order valence-corrected chi connectivity index (χ0v) is 17.2. The van der Waals surface area contributed by atoms with E-state index in [9.17, 15) is 5.11 Å². The van der Waals surface area contributed by atoms with Crippen LogP contribution in [0.3, 0.4) is 0 Å². The fraction of sp³-hybridized carbons (Fsp3) is 0.500. The van der Waals surface area contributed by atoms with E-state index in [0.29, 0.717) is 19.8 Å². The highest BCUT2D eigenvalue weighted by Gasteiger charge is 2.26. The summed E-state index contributed by atoms with van der Waals surface area (Å²) in [7, 11) is 1.65. The summed E-state index contributed by atoms with van der Waals surface area (Å²) in [6.07, 6.45) is 3.13. The maximum Gasteiger partial charge on any atom is 0.118 e. The number of aliphatic hydroxyl groups excluding tert-OH is 1. The van der Waals surface area contributed by atoms with Crippen LogP contribution in [0.4, 0.5) is 0 Å². The Hall–Kier alpha value is -1.92. The molecule has 5 heteroatoms. The first-order chi connectivity index (χ1) is 14.2. The summed E-state index contributed by atoms with van der Waals surface area (Å²) in [5.41, 5.74) is 2.21. The third kappa shape index (κ3) is 7.44. The average molecular weight is 401 g/mol. The van der Waals surface area contributed by atoms with Crippen LogP contribution in [-0.2, 0) is 27.4 Å². The van der Waals surface area contributed by atoms with Gasteiger partial charge in [-0.25, -0.2) is 0 Å². The van der Waals surface area contributed by atoms with Crippen molar-refractivity contribution in [2.75, 3.05) is 20.3 Å². The van der Waals surface area contributed by atoms with Gasteiger partial charge in [-0.15, -0.1) is 0 Å². The van der Waals surface area contributed by atoms with Gasteiger partial charge in [0.25, 0.3) is 0 Å². The third-order valence-corrected chi connectivity index (χ3v) is 5.19. The van der Waals surface area contributed by atoms with Crippen molar-refractivity contribution in [3.8, 4) is 5.75 Å². The summed E-state index contributed by atoms with van der Waals surface area (Å²) >= 11 is 0. The van der Waals surface area contributed by atoms with Crippen molar-refractivity contribution in [2.24, 2.45) is 0 Å². The third-order valence-electron chi connectivity index (χ3n) is 5.19. The van der Waals surface area contributed by atoms with Gasteiger partial charge in [-0.05, 0) is 36.1 Å². The topological polar surface area (TPSA) is 57.2 Å². The molecular weight excluding hydrogens is 368 g/mol. The number of benzene rings is 2. The molecule has 1 aliphatic rings. The number of rotatable bonds is 10. The van der Waals surface area contributed by atoms with Gasteiger partial charge in [-0.3, -0.25) is 0 Å². The fourth-order valence-corrected chi connectivity index (χ4v) is 3.52. The van der Waals surface area contributed by atoms with Gasteiger partial charge in [0.2, 0.25) is 0 Å². The van der Waals surface area contributed by atoms with Crippen LogP contribution in [-0.4, -0.2) is 43.7 Å². The zero-order chi connectivity index (χ0) is 20.3. The molecule has 0 unspecified atom stereocenters.